The molecule has 1 aliphatic rings. The Labute approximate surface area is 153 Å². The normalized spacial score (nSPS) is 16.3. The lowest BCUT2D eigenvalue weighted by molar-refractivity contribution is -0.122. The number of hydrogen-bond acceptors (Lipinski definition) is 5. The van der Waals surface area contributed by atoms with E-state index in [1.807, 2.05) is 32.0 Å². The van der Waals surface area contributed by atoms with Crippen LogP contribution in [0.25, 0.3) is 6.08 Å². The molecule has 23 heavy (non-hydrogen) atoms. The summed E-state index contributed by atoms with van der Waals surface area (Å²) in [4.78, 5) is 14.7. The van der Waals surface area contributed by atoms with Gasteiger partial charge in [0.1, 0.15) is 16.1 Å². The largest absolute Gasteiger partial charge is 0.478 e. The Balaban J connectivity index is 2.32. The number of rotatable bonds is 5. The summed E-state index contributed by atoms with van der Waals surface area (Å²) in [6.07, 6.45) is 1.76. The molecule has 0 atom stereocenters. The third-order valence-electron chi connectivity index (χ3n) is 2.97. The number of ether oxygens (including phenoxy) is 1. The van der Waals surface area contributed by atoms with E-state index in [0.29, 0.717) is 27.4 Å². The van der Waals surface area contributed by atoms with Crippen molar-refractivity contribution >= 4 is 56.2 Å². The summed E-state index contributed by atoms with van der Waals surface area (Å²) in [5.41, 5.74) is 0.736. The van der Waals surface area contributed by atoms with Crippen LogP contribution in [-0.4, -0.2) is 28.3 Å². The van der Waals surface area contributed by atoms with Crippen molar-refractivity contribution in [1.82, 2.24) is 4.90 Å². The van der Waals surface area contributed by atoms with Crippen LogP contribution >= 0.6 is 39.9 Å². The predicted octanol–water partition coefficient (Wildman–Crippen LogP) is 4.21. The zero-order valence-corrected chi connectivity index (χ0v) is 15.9. The molecule has 4 nitrogen and oxygen atoms in total. The lowest BCUT2D eigenvalue weighted by Gasteiger charge is -2.16. The maximum Gasteiger partial charge on any atom is 0.266 e. The van der Waals surface area contributed by atoms with E-state index >= 15 is 0 Å². The van der Waals surface area contributed by atoms with Gasteiger partial charge in [0, 0.05) is 16.6 Å². The SMILES string of the molecule is CC(C)CN1C(=O)/C(=C/c2cc(Br)ccc2OCC#N)SC1=S. The summed E-state index contributed by atoms with van der Waals surface area (Å²) >= 11 is 10.00. The molecule has 0 N–H and O–H groups in total. The molecule has 1 heterocycles. The zero-order valence-electron chi connectivity index (χ0n) is 12.7. The van der Waals surface area contributed by atoms with Crippen LogP contribution in [0.4, 0.5) is 0 Å². The first-order valence-electron chi connectivity index (χ1n) is 6.97. The van der Waals surface area contributed by atoms with Crippen molar-refractivity contribution < 1.29 is 9.53 Å². The number of benzene rings is 1. The number of hydrogen-bond donors (Lipinski definition) is 0. The summed E-state index contributed by atoms with van der Waals surface area (Å²) < 4.78 is 6.85. The third-order valence-corrected chi connectivity index (χ3v) is 4.84. The standard InChI is InChI=1S/C16H15BrN2O2S2/c1-10(2)9-19-15(20)14(23-16(19)22)8-11-7-12(17)3-4-13(11)21-6-5-18/h3-4,7-8,10H,6,9H2,1-2H3/b14-8-. The Morgan fingerprint density at radius 3 is 2.91 bits per heavy atom. The molecule has 1 aliphatic heterocycles. The van der Waals surface area contributed by atoms with Crippen molar-refractivity contribution in [2.75, 3.05) is 13.2 Å². The molecule has 0 spiro atoms. The molecule has 1 aromatic carbocycles. The molecule has 0 radical (unpaired) electrons. The highest BCUT2D eigenvalue weighted by Gasteiger charge is 2.32. The van der Waals surface area contributed by atoms with Crippen LogP contribution in [0.3, 0.4) is 0 Å². The van der Waals surface area contributed by atoms with E-state index in [2.05, 4.69) is 15.9 Å². The van der Waals surface area contributed by atoms with Crippen molar-refractivity contribution in [3.63, 3.8) is 0 Å². The van der Waals surface area contributed by atoms with Gasteiger partial charge in [-0.25, -0.2) is 0 Å². The van der Waals surface area contributed by atoms with Crippen molar-refractivity contribution in [3.05, 3.63) is 33.1 Å². The number of amides is 1. The highest BCUT2D eigenvalue weighted by atomic mass is 79.9. The first kappa shape index (κ1) is 18.0. The van der Waals surface area contributed by atoms with E-state index in [1.165, 1.54) is 11.8 Å². The number of halogens is 1. The van der Waals surface area contributed by atoms with Gasteiger partial charge in [0.05, 0.1) is 4.91 Å². The van der Waals surface area contributed by atoms with E-state index < -0.39 is 0 Å². The van der Waals surface area contributed by atoms with E-state index in [9.17, 15) is 4.79 Å². The Morgan fingerprint density at radius 2 is 2.26 bits per heavy atom. The second-order valence-electron chi connectivity index (χ2n) is 5.32. The first-order valence-corrected chi connectivity index (χ1v) is 8.98. The molecule has 1 aromatic rings. The van der Waals surface area contributed by atoms with Crippen LogP contribution in [0.5, 0.6) is 5.75 Å². The average Bonchev–Trinajstić information content (AvgIpc) is 2.74. The number of thiocarbonyl (C=S) groups is 1. The van der Waals surface area contributed by atoms with Crippen molar-refractivity contribution in [3.8, 4) is 11.8 Å². The van der Waals surface area contributed by atoms with Crippen LogP contribution in [0.1, 0.15) is 19.4 Å². The fourth-order valence-corrected chi connectivity index (χ4v) is 3.68. The quantitative estimate of drug-likeness (QED) is 0.537. The summed E-state index contributed by atoms with van der Waals surface area (Å²) in [5, 5.41) is 8.67. The molecule has 120 valence electrons. The second-order valence-corrected chi connectivity index (χ2v) is 7.91. The molecule has 1 fully saturated rings. The number of carbonyl (C=O) groups is 1. The van der Waals surface area contributed by atoms with Gasteiger partial charge in [0.15, 0.2) is 6.61 Å². The van der Waals surface area contributed by atoms with Crippen LogP contribution < -0.4 is 4.74 Å². The van der Waals surface area contributed by atoms with Crippen LogP contribution in [0.15, 0.2) is 27.6 Å². The van der Waals surface area contributed by atoms with Gasteiger partial charge in [-0.05, 0) is 30.2 Å². The lowest BCUT2D eigenvalue weighted by Crippen LogP contribution is -2.31. The van der Waals surface area contributed by atoms with E-state index in [-0.39, 0.29) is 12.5 Å². The van der Waals surface area contributed by atoms with E-state index in [4.69, 9.17) is 22.2 Å². The Hall–Kier alpha value is -1.36. The summed E-state index contributed by atoms with van der Waals surface area (Å²) in [7, 11) is 0. The fraction of sp³-hybridized carbons (Fsp3) is 0.312. The molecule has 0 bridgehead atoms. The first-order chi connectivity index (χ1) is 10.9. The Kier molecular flexibility index (Phi) is 6.22. The van der Waals surface area contributed by atoms with Crippen LogP contribution in [0.2, 0.25) is 0 Å². The molecule has 1 amide bonds. The smallest absolute Gasteiger partial charge is 0.266 e. The van der Waals surface area contributed by atoms with E-state index in [1.54, 1.807) is 17.0 Å². The minimum atomic E-state index is -0.0834. The molecule has 0 aromatic heterocycles. The van der Waals surface area contributed by atoms with Gasteiger partial charge in [-0.15, -0.1) is 0 Å². The van der Waals surface area contributed by atoms with Gasteiger partial charge in [0.25, 0.3) is 5.91 Å². The maximum absolute atomic E-state index is 12.5. The van der Waals surface area contributed by atoms with Crippen LogP contribution in [0, 0.1) is 17.2 Å². The van der Waals surface area contributed by atoms with Gasteiger partial charge in [-0.2, -0.15) is 5.26 Å². The third kappa shape index (κ3) is 4.56. The van der Waals surface area contributed by atoms with Gasteiger partial charge >= 0.3 is 0 Å². The van der Waals surface area contributed by atoms with Crippen molar-refractivity contribution in [1.29, 1.82) is 5.26 Å². The molecular formula is C16H15BrN2O2S2. The molecule has 7 heteroatoms. The number of carbonyl (C=O) groups excluding carboxylic acids is 1. The fourth-order valence-electron chi connectivity index (χ4n) is 2.04. The number of nitrogens with zero attached hydrogens (tertiary/aromatic N) is 2. The maximum atomic E-state index is 12.5. The zero-order chi connectivity index (χ0) is 17.0. The predicted molar refractivity (Wildman–Crippen MR) is 100.0 cm³/mol. The van der Waals surface area contributed by atoms with Gasteiger partial charge in [-0.3, -0.25) is 9.69 Å². The minimum Gasteiger partial charge on any atom is -0.478 e. The topological polar surface area (TPSA) is 53.3 Å². The van der Waals surface area contributed by atoms with Crippen molar-refractivity contribution in [2.45, 2.75) is 13.8 Å². The van der Waals surface area contributed by atoms with Gasteiger partial charge in [0.2, 0.25) is 0 Å². The van der Waals surface area contributed by atoms with Gasteiger partial charge < -0.3 is 4.74 Å². The number of thioether (sulfide) groups is 1. The molecule has 1 saturated heterocycles. The molecule has 0 aliphatic carbocycles. The highest BCUT2D eigenvalue weighted by Crippen LogP contribution is 2.35. The Morgan fingerprint density at radius 1 is 1.52 bits per heavy atom. The second kappa shape index (κ2) is 7.95. The summed E-state index contributed by atoms with van der Waals surface area (Å²) in [6.45, 7) is 4.66. The summed E-state index contributed by atoms with van der Waals surface area (Å²) in [6, 6.07) is 7.38. The lowest BCUT2D eigenvalue weighted by atomic mass is 10.1. The monoisotopic (exact) mass is 410 g/mol. The molecule has 2 rings (SSSR count). The molecule has 0 saturated carbocycles. The van der Waals surface area contributed by atoms with Gasteiger partial charge in [-0.1, -0.05) is 53.8 Å². The molecular weight excluding hydrogens is 396 g/mol. The number of nitriles is 1. The molecule has 0 unspecified atom stereocenters. The summed E-state index contributed by atoms with van der Waals surface area (Å²) in [5.74, 6) is 0.820. The van der Waals surface area contributed by atoms with Crippen LogP contribution in [-0.2, 0) is 4.79 Å². The van der Waals surface area contributed by atoms with E-state index in [0.717, 1.165) is 10.0 Å². The highest BCUT2D eigenvalue weighted by molar-refractivity contribution is 9.10. The minimum absolute atomic E-state index is 0.0449. The average molecular weight is 411 g/mol. The van der Waals surface area contributed by atoms with Crippen molar-refractivity contribution in [2.24, 2.45) is 5.92 Å². The Bertz CT molecular complexity index is 711.